The highest BCUT2D eigenvalue weighted by Gasteiger charge is 2.01. The Balaban J connectivity index is 0.000001000. The molecule has 4 nitrogen and oxygen atoms in total. The highest BCUT2D eigenvalue weighted by Crippen LogP contribution is 2.24. The van der Waals surface area contributed by atoms with Crippen molar-refractivity contribution in [3.8, 4) is 0 Å². The maximum atomic E-state index is 4.40. The SMILES string of the molecule is Brc1ccc(Nc2nccc3ccccc23)cc1.O.O. The highest BCUT2D eigenvalue weighted by molar-refractivity contribution is 9.10. The second-order valence-electron chi connectivity index (χ2n) is 4.01. The summed E-state index contributed by atoms with van der Waals surface area (Å²) in [4.78, 5) is 4.40. The summed E-state index contributed by atoms with van der Waals surface area (Å²) in [6, 6.07) is 18.3. The summed E-state index contributed by atoms with van der Waals surface area (Å²) in [6.07, 6.45) is 1.82. The van der Waals surface area contributed by atoms with Gasteiger partial charge in [-0.1, -0.05) is 40.2 Å². The second kappa shape index (κ2) is 7.00. The molecule has 0 atom stereocenters. The minimum Gasteiger partial charge on any atom is -0.412 e. The number of hydrogen-bond acceptors (Lipinski definition) is 2. The molecule has 0 aliphatic heterocycles. The van der Waals surface area contributed by atoms with Gasteiger partial charge < -0.3 is 16.3 Å². The quantitative estimate of drug-likeness (QED) is 0.780. The number of nitrogens with zero attached hydrogens (tertiary/aromatic N) is 1. The Morgan fingerprint density at radius 3 is 2.30 bits per heavy atom. The van der Waals surface area contributed by atoms with Crippen LogP contribution in [-0.2, 0) is 0 Å². The lowest BCUT2D eigenvalue weighted by Crippen LogP contribution is -1.94. The van der Waals surface area contributed by atoms with Crippen LogP contribution >= 0.6 is 15.9 Å². The third-order valence-corrected chi connectivity index (χ3v) is 3.31. The molecule has 104 valence electrons. The van der Waals surface area contributed by atoms with Crippen LogP contribution in [0.15, 0.2) is 65.3 Å². The van der Waals surface area contributed by atoms with Gasteiger partial charge in [0.1, 0.15) is 5.82 Å². The Hall–Kier alpha value is -1.95. The van der Waals surface area contributed by atoms with Gasteiger partial charge in [0.05, 0.1) is 0 Å². The zero-order valence-electron chi connectivity index (χ0n) is 10.6. The number of pyridine rings is 1. The highest BCUT2D eigenvalue weighted by atomic mass is 79.9. The maximum Gasteiger partial charge on any atom is 0.138 e. The molecule has 3 rings (SSSR count). The molecule has 0 aliphatic rings. The van der Waals surface area contributed by atoms with E-state index in [9.17, 15) is 0 Å². The Morgan fingerprint density at radius 1 is 0.850 bits per heavy atom. The molecule has 5 N–H and O–H groups in total. The lowest BCUT2D eigenvalue weighted by molar-refractivity contribution is 0.823. The van der Waals surface area contributed by atoms with Crippen LogP contribution in [0.25, 0.3) is 10.8 Å². The predicted octanol–water partition coefficient (Wildman–Crippen LogP) is 3.09. The zero-order chi connectivity index (χ0) is 12.4. The van der Waals surface area contributed by atoms with Crippen molar-refractivity contribution in [2.24, 2.45) is 0 Å². The fourth-order valence-corrected chi connectivity index (χ4v) is 2.15. The normalized spacial score (nSPS) is 9.45. The van der Waals surface area contributed by atoms with Gasteiger partial charge in [-0.3, -0.25) is 0 Å². The van der Waals surface area contributed by atoms with E-state index in [1.54, 1.807) is 0 Å². The molecule has 0 aliphatic carbocycles. The van der Waals surface area contributed by atoms with Crippen molar-refractivity contribution in [3.05, 3.63) is 65.3 Å². The summed E-state index contributed by atoms with van der Waals surface area (Å²) in [6.45, 7) is 0. The Morgan fingerprint density at radius 2 is 1.55 bits per heavy atom. The van der Waals surface area contributed by atoms with Gasteiger partial charge in [0.25, 0.3) is 0 Å². The molecule has 1 heterocycles. The average Bonchev–Trinajstić information content (AvgIpc) is 2.42. The van der Waals surface area contributed by atoms with Crippen LogP contribution in [0.4, 0.5) is 11.5 Å². The molecule has 0 saturated carbocycles. The van der Waals surface area contributed by atoms with E-state index in [1.807, 2.05) is 48.7 Å². The largest absolute Gasteiger partial charge is 0.412 e. The van der Waals surface area contributed by atoms with Gasteiger partial charge in [-0.2, -0.15) is 0 Å². The van der Waals surface area contributed by atoms with Crippen LogP contribution in [0.5, 0.6) is 0 Å². The van der Waals surface area contributed by atoms with Crippen molar-refractivity contribution in [3.63, 3.8) is 0 Å². The van der Waals surface area contributed by atoms with Gasteiger partial charge in [0.2, 0.25) is 0 Å². The topological polar surface area (TPSA) is 87.9 Å². The molecule has 0 unspecified atom stereocenters. The molecule has 0 spiro atoms. The number of benzene rings is 2. The van der Waals surface area contributed by atoms with Crippen molar-refractivity contribution in [2.45, 2.75) is 0 Å². The van der Waals surface area contributed by atoms with Crippen LogP contribution in [-0.4, -0.2) is 15.9 Å². The van der Waals surface area contributed by atoms with Crippen LogP contribution in [0.3, 0.4) is 0 Å². The summed E-state index contributed by atoms with van der Waals surface area (Å²) in [7, 11) is 0. The molecule has 20 heavy (non-hydrogen) atoms. The molecule has 3 aromatic rings. The van der Waals surface area contributed by atoms with Crippen LogP contribution in [0.2, 0.25) is 0 Å². The molecular formula is C15H15BrN2O2. The molecule has 2 aromatic carbocycles. The smallest absolute Gasteiger partial charge is 0.138 e. The predicted molar refractivity (Wildman–Crippen MR) is 86.4 cm³/mol. The molecular weight excluding hydrogens is 320 g/mol. The fraction of sp³-hybridized carbons (Fsp3) is 0. The van der Waals surface area contributed by atoms with Gasteiger partial charge in [0, 0.05) is 21.7 Å². The summed E-state index contributed by atoms with van der Waals surface area (Å²) in [5, 5.41) is 5.66. The number of nitrogens with one attached hydrogen (secondary N) is 1. The van der Waals surface area contributed by atoms with E-state index in [0.717, 1.165) is 21.4 Å². The zero-order valence-corrected chi connectivity index (χ0v) is 12.2. The van der Waals surface area contributed by atoms with E-state index in [2.05, 4.69) is 38.4 Å². The maximum absolute atomic E-state index is 4.40. The van der Waals surface area contributed by atoms with Crippen molar-refractivity contribution in [1.29, 1.82) is 0 Å². The molecule has 5 heteroatoms. The summed E-state index contributed by atoms with van der Waals surface area (Å²) >= 11 is 3.43. The van der Waals surface area contributed by atoms with Gasteiger partial charge >= 0.3 is 0 Å². The fourth-order valence-electron chi connectivity index (χ4n) is 1.89. The summed E-state index contributed by atoms with van der Waals surface area (Å²) in [5.74, 6) is 0.885. The van der Waals surface area contributed by atoms with E-state index < -0.39 is 0 Å². The first-order chi connectivity index (χ1) is 8.83. The first-order valence-corrected chi connectivity index (χ1v) is 6.48. The number of aromatic nitrogens is 1. The van der Waals surface area contributed by atoms with Gasteiger partial charge in [-0.25, -0.2) is 4.98 Å². The third kappa shape index (κ3) is 3.33. The van der Waals surface area contributed by atoms with E-state index in [1.165, 1.54) is 5.39 Å². The second-order valence-corrected chi connectivity index (χ2v) is 4.93. The minimum absolute atomic E-state index is 0. The van der Waals surface area contributed by atoms with Crippen LogP contribution < -0.4 is 5.32 Å². The van der Waals surface area contributed by atoms with Gasteiger partial charge in [0.15, 0.2) is 0 Å². The van der Waals surface area contributed by atoms with E-state index in [0.29, 0.717) is 0 Å². The Labute approximate surface area is 125 Å². The number of rotatable bonds is 2. The number of anilines is 2. The first-order valence-electron chi connectivity index (χ1n) is 5.69. The van der Waals surface area contributed by atoms with Crippen LogP contribution in [0.1, 0.15) is 0 Å². The van der Waals surface area contributed by atoms with Crippen molar-refractivity contribution in [2.75, 3.05) is 5.32 Å². The van der Waals surface area contributed by atoms with Crippen molar-refractivity contribution >= 4 is 38.2 Å². The standard InChI is InChI=1S/C15H11BrN2.2H2O/c16-12-5-7-13(8-6-12)18-15-14-4-2-1-3-11(14)9-10-17-15;;/h1-10H,(H,17,18);2*1H2. The van der Waals surface area contributed by atoms with Crippen molar-refractivity contribution < 1.29 is 11.0 Å². The molecule has 1 aromatic heterocycles. The van der Waals surface area contributed by atoms with E-state index >= 15 is 0 Å². The molecule has 0 bridgehead atoms. The molecule has 0 amide bonds. The third-order valence-electron chi connectivity index (χ3n) is 2.78. The number of fused-ring (bicyclic) bond motifs is 1. The Bertz CT molecular complexity index is 682. The van der Waals surface area contributed by atoms with Gasteiger partial charge in [-0.05, 0) is 35.7 Å². The monoisotopic (exact) mass is 334 g/mol. The lowest BCUT2D eigenvalue weighted by Gasteiger charge is -2.08. The van der Waals surface area contributed by atoms with E-state index in [4.69, 9.17) is 0 Å². The van der Waals surface area contributed by atoms with Gasteiger partial charge in [-0.15, -0.1) is 0 Å². The molecule has 0 fully saturated rings. The average molecular weight is 335 g/mol. The lowest BCUT2D eigenvalue weighted by atomic mass is 10.1. The summed E-state index contributed by atoms with van der Waals surface area (Å²) < 4.78 is 1.07. The minimum atomic E-state index is 0. The molecule has 0 saturated heterocycles. The number of halogens is 1. The van der Waals surface area contributed by atoms with Crippen molar-refractivity contribution in [1.82, 2.24) is 4.98 Å². The first kappa shape index (κ1) is 16.1. The van der Waals surface area contributed by atoms with E-state index in [-0.39, 0.29) is 11.0 Å². The molecule has 0 radical (unpaired) electrons. The van der Waals surface area contributed by atoms with Crippen LogP contribution in [0, 0.1) is 0 Å². The number of hydrogen-bond donors (Lipinski definition) is 1. The summed E-state index contributed by atoms with van der Waals surface area (Å²) in [5.41, 5.74) is 1.03. The Kier molecular flexibility index (Phi) is 5.64.